The van der Waals surface area contributed by atoms with Gasteiger partial charge in [-0.05, 0) is 81.7 Å². The summed E-state index contributed by atoms with van der Waals surface area (Å²) < 4.78 is 30.8. The normalized spacial score (nSPS) is 19.3. The summed E-state index contributed by atoms with van der Waals surface area (Å²) in [6.07, 6.45) is 6.45. The second kappa shape index (κ2) is 17.5. The number of alkyl carbamates (subject to hydrolysis) is 2. The van der Waals surface area contributed by atoms with E-state index in [1.165, 1.54) is 20.3 Å². The first-order valence-electron chi connectivity index (χ1n) is 20.3. The highest BCUT2D eigenvalue weighted by Gasteiger charge is 2.40. The van der Waals surface area contributed by atoms with Gasteiger partial charge in [-0.15, -0.1) is 0 Å². The lowest BCUT2D eigenvalue weighted by molar-refractivity contribution is -0.137. The molecule has 0 radical (unpaired) electrons. The van der Waals surface area contributed by atoms with E-state index in [4.69, 9.17) is 19.4 Å². The molecule has 8 rings (SSSR count). The quantitative estimate of drug-likeness (QED) is 0.129. The maximum Gasteiger partial charge on any atom is 0.407 e. The standard InChI is InChI=1S/C43H48FN9O7/c1-24(47-42(56)58-2)40(54)52-16-4-6-35(52)38-46-23-34(50-38)28-8-11-29(30(44)21-28)32-13-10-26-20-27(9-12-31(26)48-32)33-22-45-39(49-33)36-7-5-17-53(36)41(55)37(51-43(57)59-3)25-14-18-60-19-15-25/h8-13,20-25,35-37H,4-7,14-19H2,1-3H3,(H,45,49)(H,46,50)(H,47,56)(H,51,57)/t24-,35+,36+,37+/m1/s1. The van der Waals surface area contributed by atoms with E-state index in [0.29, 0.717) is 85.2 Å². The molecule has 5 aromatic rings. The Morgan fingerprint density at radius 1 is 0.783 bits per heavy atom. The van der Waals surface area contributed by atoms with Crippen LogP contribution in [0.5, 0.6) is 0 Å². The molecule has 4 atom stereocenters. The summed E-state index contributed by atoms with van der Waals surface area (Å²) >= 11 is 0. The van der Waals surface area contributed by atoms with Crippen LogP contribution in [0.15, 0.2) is 60.9 Å². The van der Waals surface area contributed by atoms with Crippen LogP contribution in [0.4, 0.5) is 14.0 Å². The van der Waals surface area contributed by atoms with Gasteiger partial charge in [0.1, 0.15) is 29.5 Å². The predicted octanol–water partition coefficient (Wildman–Crippen LogP) is 6.04. The number of ether oxygens (including phenoxy) is 3. The Morgan fingerprint density at radius 3 is 2.02 bits per heavy atom. The van der Waals surface area contributed by atoms with Gasteiger partial charge >= 0.3 is 12.2 Å². The van der Waals surface area contributed by atoms with Gasteiger partial charge in [0, 0.05) is 48.4 Å². The lowest BCUT2D eigenvalue weighted by atomic mass is 9.90. The molecule has 3 aromatic heterocycles. The number of likely N-dealkylation sites (tertiary alicyclic amines) is 2. The number of carbonyl (C=O) groups excluding carboxylic acids is 4. The van der Waals surface area contributed by atoms with Crippen LogP contribution in [0.2, 0.25) is 0 Å². The van der Waals surface area contributed by atoms with Crippen LogP contribution in [0.1, 0.15) is 69.2 Å². The van der Waals surface area contributed by atoms with E-state index < -0.39 is 30.1 Å². The number of H-pyrrole nitrogens is 2. The van der Waals surface area contributed by atoms with Crippen molar-refractivity contribution in [2.24, 2.45) is 5.92 Å². The third-order valence-corrected chi connectivity index (χ3v) is 11.8. The number of pyridine rings is 1. The van der Waals surface area contributed by atoms with Gasteiger partial charge in [0.15, 0.2) is 0 Å². The Hall–Kier alpha value is -6.36. The number of halogens is 1. The zero-order chi connectivity index (χ0) is 41.9. The Balaban J connectivity index is 0.952. The summed E-state index contributed by atoms with van der Waals surface area (Å²) in [5.41, 5.74) is 4.38. The monoisotopic (exact) mass is 821 g/mol. The van der Waals surface area contributed by atoms with Crippen LogP contribution in [0.25, 0.3) is 44.7 Å². The van der Waals surface area contributed by atoms with Crippen molar-refractivity contribution in [3.8, 4) is 33.8 Å². The smallest absolute Gasteiger partial charge is 0.407 e. The minimum atomic E-state index is -0.765. The van der Waals surface area contributed by atoms with Crippen molar-refractivity contribution in [2.45, 2.75) is 69.6 Å². The second-order valence-corrected chi connectivity index (χ2v) is 15.5. The molecule has 3 saturated heterocycles. The summed E-state index contributed by atoms with van der Waals surface area (Å²) in [5, 5.41) is 6.17. The fourth-order valence-corrected chi connectivity index (χ4v) is 8.61. The van der Waals surface area contributed by atoms with Crippen molar-refractivity contribution in [3.05, 3.63) is 78.4 Å². The SMILES string of the molecule is COC(=O)N[C@H](C(=O)N1CCC[C@H]1c1ncc(-c2ccc3nc(-c4ccc(-c5cnc([C@@H]6CCCN6C(=O)[C@@H](C)NC(=O)OC)[nH]5)cc4F)ccc3c2)[nH]1)C1CCOCC1. The number of carbonyl (C=O) groups is 4. The number of hydrogen-bond donors (Lipinski definition) is 4. The number of nitrogens with zero attached hydrogens (tertiary/aromatic N) is 5. The summed E-state index contributed by atoms with van der Waals surface area (Å²) in [6.45, 7) is 3.77. The molecule has 4 amide bonds. The number of nitrogens with one attached hydrogen (secondary N) is 4. The number of methoxy groups -OCH3 is 2. The summed E-state index contributed by atoms with van der Waals surface area (Å²) in [7, 11) is 2.54. The van der Waals surface area contributed by atoms with Gasteiger partial charge in [0.2, 0.25) is 11.8 Å². The van der Waals surface area contributed by atoms with Gasteiger partial charge in [-0.3, -0.25) is 9.59 Å². The van der Waals surface area contributed by atoms with Crippen LogP contribution in [0.3, 0.4) is 0 Å². The molecule has 60 heavy (non-hydrogen) atoms. The highest BCUT2D eigenvalue weighted by molar-refractivity contribution is 5.88. The topological polar surface area (TPSA) is 197 Å². The lowest BCUT2D eigenvalue weighted by Crippen LogP contribution is -2.53. The first-order valence-corrected chi connectivity index (χ1v) is 20.3. The highest BCUT2D eigenvalue weighted by atomic mass is 19.1. The molecule has 17 heteroatoms. The lowest BCUT2D eigenvalue weighted by Gasteiger charge is -2.34. The first kappa shape index (κ1) is 40.4. The number of fused-ring (bicyclic) bond motifs is 1. The molecule has 0 saturated carbocycles. The van der Waals surface area contributed by atoms with Gasteiger partial charge in [0.05, 0.1) is 61.3 Å². The summed E-state index contributed by atoms with van der Waals surface area (Å²) in [4.78, 5) is 75.3. The molecule has 3 aliphatic rings. The Labute approximate surface area is 345 Å². The average Bonchev–Trinajstić information content (AvgIpc) is 4.12. The molecule has 6 heterocycles. The average molecular weight is 822 g/mol. The van der Waals surface area contributed by atoms with Crippen molar-refractivity contribution in [3.63, 3.8) is 0 Å². The third kappa shape index (κ3) is 8.26. The highest BCUT2D eigenvalue weighted by Crippen LogP contribution is 2.36. The summed E-state index contributed by atoms with van der Waals surface area (Å²) in [6, 6.07) is 12.4. The fraction of sp³-hybridized carbons (Fsp3) is 0.419. The Bertz CT molecular complexity index is 2390. The van der Waals surface area contributed by atoms with Crippen molar-refractivity contribution in [1.29, 1.82) is 0 Å². The van der Waals surface area contributed by atoms with Gasteiger partial charge in [-0.1, -0.05) is 18.2 Å². The number of hydrogen-bond acceptors (Lipinski definition) is 10. The number of rotatable bonds is 10. The fourth-order valence-electron chi connectivity index (χ4n) is 8.61. The van der Waals surface area contributed by atoms with Crippen LogP contribution in [0, 0.1) is 11.7 Å². The van der Waals surface area contributed by atoms with Crippen LogP contribution < -0.4 is 10.6 Å². The van der Waals surface area contributed by atoms with Gasteiger partial charge in [-0.2, -0.15) is 0 Å². The molecular formula is C43H48FN9O7. The molecule has 2 aromatic carbocycles. The molecule has 0 spiro atoms. The zero-order valence-electron chi connectivity index (χ0n) is 33.7. The van der Waals surface area contributed by atoms with Gasteiger partial charge in [-0.25, -0.2) is 28.9 Å². The van der Waals surface area contributed by atoms with Crippen LogP contribution in [-0.2, 0) is 23.8 Å². The van der Waals surface area contributed by atoms with Crippen molar-refractivity contribution < 1.29 is 37.8 Å². The Morgan fingerprint density at radius 2 is 1.38 bits per heavy atom. The van der Waals surface area contributed by atoms with Crippen LogP contribution in [-0.4, -0.2) is 111 Å². The molecule has 0 bridgehead atoms. The van der Waals surface area contributed by atoms with E-state index >= 15 is 4.39 Å². The first-order chi connectivity index (χ1) is 29.1. The molecule has 0 aliphatic carbocycles. The Kier molecular flexibility index (Phi) is 11.8. The van der Waals surface area contributed by atoms with Gasteiger partial charge in [0.25, 0.3) is 0 Å². The number of aromatic nitrogens is 5. The minimum Gasteiger partial charge on any atom is -0.453 e. The minimum absolute atomic E-state index is 0.0543. The molecule has 4 N–H and O–H groups in total. The number of aromatic amines is 2. The maximum atomic E-state index is 15.8. The predicted molar refractivity (Wildman–Crippen MR) is 218 cm³/mol. The van der Waals surface area contributed by atoms with Gasteiger partial charge < -0.3 is 44.6 Å². The molecular weight excluding hydrogens is 774 g/mol. The molecule has 0 unspecified atom stereocenters. The molecule has 3 aliphatic heterocycles. The zero-order valence-corrected chi connectivity index (χ0v) is 33.7. The molecule has 16 nitrogen and oxygen atoms in total. The second-order valence-electron chi connectivity index (χ2n) is 15.5. The van der Waals surface area contributed by atoms with E-state index in [-0.39, 0.29) is 29.8 Å². The van der Waals surface area contributed by atoms with E-state index in [0.717, 1.165) is 35.9 Å². The summed E-state index contributed by atoms with van der Waals surface area (Å²) in [5.74, 6) is 0.379. The number of amides is 4. The van der Waals surface area contributed by atoms with Crippen molar-refractivity contribution in [1.82, 2.24) is 45.4 Å². The molecule has 3 fully saturated rings. The van der Waals surface area contributed by atoms with E-state index in [9.17, 15) is 19.2 Å². The van der Waals surface area contributed by atoms with Crippen molar-refractivity contribution in [2.75, 3.05) is 40.5 Å². The molecule has 314 valence electrons. The van der Waals surface area contributed by atoms with Crippen molar-refractivity contribution >= 4 is 34.9 Å². The van der Waals surface area contributed by atoms with Crippen LogP contribution >= 0.6 is 0 Å². The largest absolute Gasteiger partial charge is 0.453 e. The third-order valence-electron chi connectivity index (χ3n) is 11.8. The van der Waals surface area contributed by atoms with E-state index in [1.54, 1.807) is 42.4 Å². The number of imidazole rings is 2. The van der Waals surface area contributed by atoms with E-state index in [1.807, 2.05) is 29.2 Å². The van der Waals surface area contributed by atoms with E-state index in [2.05, 4.69) is 30.3 Å². The maximum absolute atomic E-state index is 15.8. The number of benzene rings is 2.